The van der Waals surface area contributed by atoms with Crippen LogP contribution in [0.3, 0.4) is 0 Å². The molecule has 6 heteroatoms. The first-order chi connectivity index (χ1) is 14.8. The SMILES string of the molecule is CCC(C)(OCC1CCCC(COCc2nc(-c3ccc(C)cc3)oc2C)C1)C(=O)O. The van der Waals surface area contributed by atoms with E-state index in [9.17, 15) is 9.90 Å². The molecule has 0 saturated heterocycles. The summed E-state index contributed by atoms with van der Waals surface area (Å²) in [5.74, 6) is 1.37. The predicted octanol–water partition coefficient (Wildman–Crippen LogP) is 5.55. The third-order valence-electron chi connectivity index (χ3n) is 6.44. The molecule has 1 heterocycles. The van der Waals surface area contributed by atoms with E-state index in [-0.39, 0.29) is 0 Å². The van der Waals surface area contributed by atoms with Gasteiger partial charge in [-0.3, -0.25) is 0 Å². The number of benzene rings is 1. The van der Waals surface area contributed by atoms with E-state index in [0.29, 0.717) is 44.0 Å². The van der Waals surface area contributed by atoms with Crippen molar-refractivity contribution in [3.05, 3.63) is 41.3 Å². The van der Waals surface area contributed by atoms with Crippen molar-refractivity contribution in [1.29, 1.82) is 0 Å². The number of hydrogen-bond acceptors (Lipinski definition) is 5. The van der Waals surface area contributed by atoms with Crippen LogP contribution in [0.4, 0.5) is 0 Å². The summed E-state index contributed by atoms with van der Waals surface area (Å²) in [6.07, 6.45) is 4.80. The fourth-order valence-corrected chi connectivity index (χ4v) is 4.03. The molecule has 1 saturated carbocycles. The number of carbonyl (C=O) groups is 1. The van der Waals surface area contributed by atoms with E-state index in [0.717, 1.165) is 42.7 Å². The molecule has 0 radical (unpaired) electrons. The molecule has 1 aliphatic carbocycles. The highest BCUT2D eigenvalue weighted by molar-refractivity contribution is 5.76. The molecular weight excluding hydrogens is 394 g/mol. The summed E-state index contributed by atoms with van der Waals surface area (Å²) in [5.41, 5.74) is 1.92. The molecule has 3 unspecified atom stereocenters. The summed E-state index contributed by atoms with van der Waals surface area (Å²) in [6.45, 7) is 9.09. The van der Waals surface area contributed by atoms with Gasteiger partial charge in [-0.05, 0) is 70.4 Å². The Labute approximate surface area is 185 Å². The molecule has 6 nitrogen and oxygen atoms in total. The molecule has 1 fully saturated rings. The van der Waals surface area contributed by atoms with Crippen molar-refractivity contribution in [2.75, 3.05) is 13.2 Å². The Morgan fingerprint density at radius 1 is 1.19 bits per heavy atom. The number of aryl methyl sites for hydroxylation is 2. The minimum atomic E-state index is -1.09. The summed E-state index contributed by atoms with van der Waals surface area (Å²) in [7, 11) is 0. The summed E-state index contributed by atoms with van der Waals surface area (Å²) >= 11 is 0. The van der Waals surface area contributed by atoms with Gasteiger partial charge in [0.1, 0.15) is 11.5 Å². The Kier molecular flexibility index (Phi) is 7.89. The number of hydrogen-bond donors (Lipinski definition) is 1. The third kappa shape index (κ3) is 6.17. The summed E-state index contributed by atoms with van der Waals surface area (Å²) in [4.78, 5) is 16.1. The normalized spacial score (nSPS) is 21.0. The largest absolute Gasteiger partial charge is 0.479 e. The Hall–Kier alpha value is -2.18. The number of aromatic nitrogens is 1. The van der Waals surface area contributed by atoms with Gasteiger partial charge in [-0.15, -0.1) is 0 Å². The lowest BCUT2D eigenvalue weighted by Crippen LogP contribution is -2.39. The van der Waals surface area contributed by atoms with E-state index in [1.54, 1.807) is 6.92 Å². The molecular formula is C25H35NO5. The van der Waals surface area contributed by atoms with E-state index in [1.807, 2.05) is 38.1 Å². The van der Waals surface area contributed by atoms with Crippen molar-refractivity contribution in [2.45, 2.75) is 72.0 Å². The number of rotatable bonds is 10. The fraction of sp³-hybridized carbons (Fsp3) is 0.600. The van der Waals surface area contributed by atoms with Gasteiger partial charge in [0.15, 0.2) is 5.60 Å². The van der Waals surface area contributed by atoms with Gasteiger partial charge in [0, 0.05) is 12.2 Å². The van der Waals surface area contributed by atoms with E-state index < -0.39 is 11.6 Å². The number of oxazole rings is 1. The molecule has 1 aromatic heterocycles. The first kappa shape index (κ1) is 23.5. The lowest BCUT2D eigenvalue weighted by molar-refractivity contribution is -0.166. The standard InChI is InChI=1S/C25H35NO5/c1-5-25(4,24(27)28)30-15-20-8-6-7-19(13-20)14-29-16-22-18(3)31-23(26-22)21-11-9-17(2)10-12-21/h9-12,19-20H,5-8,13-16H2,1-4H3,(H,27,28). The van der Waals surface area contributed by atoms with Crippen LogP contribution in [-0.2, 0) is 20.9 Å². The molecule has 1 aromatic carbocycles. The number of ether oxygens (including phenoxy) is 2. The monoisotopic (exact) mass is 429 g/mol. The van der Waals surface area contributed by atoms with Crippen LogP contribution in [0, 0.1) is 25.7 Å². The summed E-state index contributed by atoms with van der Waals surface area (Å²) < 4.78 is 17.6. The second-order valence-corrected chi connectivity index (χ2v) is 9.00. The highest BCUT2D eigenvalue weighted by Crippen LogP contribution is 2.31. The highest BCUT2D eigenvalue weighted by Gasteiger charge is 2.33. The van der Waals surface area contributed by atoms with Gasteiger partial charge in [-0.25, -0.2) is 9.78 Å². The van der Waals surface area contributed by atoms with Crippen molar-refractivity contribution < 1.29 is 23.8 Å². The van der Waals surface area contributed by atoms with Crippen LogP contribution in [0.15, 0.2) is 28.7 Å². The van der Waals surface area contributed by atoms with Gasteiger partial charge in [-0.1, -0.05) is 31.0 Å². The molecule has 1 aliphatic rings. The topological polar surface area (TPSA) is 81.8 Å². The predicted molar refractivity (Wildman–Crippen MR) is 119 cm³/mol. The maximum Gasteiger partial charge on any atom is 0.335 e. The molecule has 3 atom stereocenters. The Bertz CT molecular complexity index is 859. The minimum Gasteiger partial charge on any atom is -0.479 e. The van der Waals surface area contributed by atoms with Crippen molar-refractivity contribution in [3.63, 3.8) is 0 Å². The summed E-state index contributed by atoms with van der Waals surface area (Å²) in [5, 5.41) is 9.39. The molecule has 0 amide bonds. The van der Waals surface area contributed by atoms with Crippen LogP contribution in [0.1, 0.15) is 63.0 Å². The highest BCUT2D eigenvalue weighted by atomic mass is 16.5. The molecule has 0 spiro atoms. The third-order valence-corrected chi connectivity index (χ3v) is 6.44. The van der Waals surface area contributed by atoms with Gasteiger partial charge in [0.2, 0.25) is 5.89 Å². The number of carboxylic acids is 1. The number of carboxylic acid groups (broad SMARTS) is 1. The van der Waals surface area contributed by atoms with Crippen LogP contribution in [0.5, 0.6) is 0 Å². The second-order valence-electron chi connectivity index (χ2n) is 9.00. The smallest absolute Gasteiger partial charge is 0.335 e. The average Bonchev–Trinajstić information content (AvgIpc) is 3.13. The van der Waals surface area contributed by atoms with Crippen molar-refractivity contribution in [1.82, 2.24) is 4.98 Å². The molecule has 0 aliphatic heterocycles. The van der Waals surface area contributed by atoms with Crippen LogP contribution < -0.4 is 0 Å². The molecule has 31 heavy (non-hydrogen) atoms. The van der Waals surface area contributed by atoms with Crippen molar-refractivity contribution >= 4 is 5.97 Å². The molecule has 1 N–H and O–H groups in total. The van der Waals surface area contributed by atoms with Crippen molar-refractivity contribution in [3.8, 4) is 11.5 Å². The van der Waals surface area contributed by atoms with Crippen LogP contribution >= 0.6 is 0 Å². The lowest BCUT2D eigenvalue weighted by atomic mass is 9.82. The zero-order chi connectivity index (χ0) is 22.4. The number of aliphatic carboxylic acids is 1. The first-order valence-corrected chi connectivity index (χ1v) is 11.3. The van der Waals surface area contributed by atoms with E-state index in [1.165, 1.54) is 5.56 Å². The van der Waals surface area contributed by atoms with Gasteiger partial charge >= 0.3 is 5.97 Å². The van der Waals surface area contributed by atoms with Gasteiger partial charge < -0.3 is 19.0 Å². The Morgan fingerprint density at radius 2 is 1.87 bits per heavy atom. The van der Waals surface area contributed by atoms with Crippen LogP contribution in [0.25, 0.3) is 11.5 Å². The van der Waals surface area contributed by atoms with E-state index >= 15 is 0 Å². The molecule has 0 bridgehead atoms. The Morgan fingerprint density at radius 3 is 2.52 bits per heavy atom. The maximum absolute atomic E-state index is 11.4. The van der Waals surface area contributed by atoms with Gasteiger partial charge in [0.05, 0.1) is 13.2 Å². The van der Waals surface area contributed by atoms with Crippen LogP contribution in [0.2, 0.25) is 0 Å². The number of nitrogens with zero attached hydrogens (tertiary/aromatic N) is 1. The molecule has 170 valence electrons. The maximum atomic E-state index is 11.4. The van der Waals surface area contributed by atoms with Crippen LogP contribution in [-0.4, -0.2) is 34.9 Å². The van der Waals surface area contributed by atoms with E-state index in [4.69, 9.17) is 13.9 Å². The minimum absolute atomic E-state index is 0.384. The average molecular weight is 430 g/mol. The second kappa shape index (κ2) is 10.4. The van der Waals surface area contributed by atoms with Gasteiger partial charge in [0.25, 0.3) is 0 Å². The fourth-order valence-electron chi connectivity index (χ4n) is 4.03. The van der Waals surface area contributed by atoms with E-state index in [2.05, 4.69) is 11.9 Å². The zero-order valence-corrected chi connectivity index (χ0v) is 19.1. The molecule has 2 aromatic rings. The lowest BCUT2D eigenvalue weighted by Gasteiger charge is -2.32. The quantitative estimate of drug-likeness (QED) is 0.533. The summed E-state index contributed by atoms with van der Waals surface area (Å²) in [6, 6.07) is 8.13. The van der Waals surface area contributed by atoms with Gasteiger partial charge in [-0.2, -0.15) is 0 Å². The first-order valence-electron chi connectivity index (χ1n) is 11.3. The zero-order valence-electron chi connectivity index (χ0n) is 19.1. The van der Waals surface area contributed by atoms with Crippen molar-refractivity contribution in [2.24, 2.45) is 11.8 Å². The molecule has 3 rings (SSSR count). The Balaban J connectivity index is 1.47.